The normalized spacial score (nSPS) is 23.2. The zero-order valence-electron chi connectivity index (χ0n) is 15.6. The number of benzene rings is 1. The highest BCUT2D eigenvalue weighted by Gasteiger charge is 2.43. The Morgan fingerprint density at radius 3 is 2.46 bits per heavy atom. The number of carbonyl (C=O) groups excluding carboxylic acids is 2. The predicted octanol–water partition coefficient (Wildman–Crippen LogP) is 1.86. The van der Waals surface area contributed by atoms with Crippen LogP contribution in [0.1, 0.15) is 25.8 Å². The third kappa shape index (κ3) is 3.71. The van der Waals surface area contributed by atoms with Gasteiger partial charge in [0.2, 0.25) is 0 Å². The molecule has 0 saturated carbocycles. The molecule has 0 bridgehead atoms. The highest BCUT2D eigenvalue weighted by molar-refractivity contribution is 7.91. The number of nitriles is 1. The average Bonchev–Trinajstić information content (AvgIpc) is 3.00. The fraction of sp³-hybridized carbons (Fsp3) is 0.350. The maximum atomic E-state index is 13.1. The quantitative estimate of drug-likeness (QED) is 0.564. The first-order valence-electron chi connectivity index (χ1n) is 8.91. The molecule has 0 radical (unpaired) electrons. The summed E-state index contributed by atoms with van der Waals surface area (Å²) >= 11 is 0. The van der Waals surface area contributed by atoms with Gasteiger partial charge in [-0.2, -0.15) is 5.26 Å². The minimum Gasteiger partial charge on any atom is -0.494 e. The van der Waals surface area contributed by atoms with E-state index in [2.05, 4.69) is 0 Å². The number of imide groups is 1. The van der Waals surface area contributed by atoms with E-state index in [1.165, 1.54) is 0 Å². The van der Waals surface area contributed by atoms with Crippen LogP contribution in [0.2, 0.25) is 0 Å². The van der Waals surface area contributed by atoms with Crippen LogP contribution in [0.25, 0.3) is 6.08 Å². The van der Waals surface area contributed by atoms with E-state index in [1.807, 2.05) is 13.0 Å². The summed E-state index contributed by atoms with van der Waals surface area (Å²) in [7, 11) is -3.29. The van der Waals surface area contributed by atoms with Crippen molar-refractivity contribution in [2.75, 3.05) is 18.1 Å². The number of rotatable bonds is 4. The van der Waals surface area contributed by atoms with E-state index in [1.54, 1.807) is 37.3 Å². The summed E-state index contributed by atoms with van der Waals surface area (Å²) in [4.78, 5) is 26.7. The molecular formula is C20H20N2O5S. The summed E-state index contributed by atoms with van der Waals surface area (Å²) in [5, 5.41) is 9.43. The van der Waals surface area contributed by atoms with Crippen molar-refractivity contribution in [2.45, 2.75) is 26.3 Å². The van der Waals surface area contributed by atoms with Gasteiger partial charge in [0, 0.05) is 5.57 Å². The molecule has 2 aliphatic rings. The number of amides is 2. The van der Waals surface area contributed by atoms with Gasteiger partial charge in [-0.25, -0.2) is 8.42 Å². The Hall–Kier alpha value is -2.92. The van der Waals surface area contributed by atoms with Crippen LogP contribution in [-0.4, -0.2) is 49.3 Å². The first kappa shape index (κ1) is 19.8. The maximum absolute atomic E-state index is 13.1. The minimum atomic E-state index is -3.29. The largest absolute Gasteiger partial charge is 0.494 e. The molecular weight excluding hydrogens is 380 g/mol. The van der Waals surface area contributed by atoms with Crippen molar-refractivity contribution in [3.8, 4) is 11.8 Å². The van der Waals surface area contributed by atoms with Crippen molar-refractivity contribution in [3.63, 3.8) is 0 Å². The molecule has 2 amide bonds. The van der Waals surface area contributed by atoms with E-state index >= 15 is 0 Å². The smallest absolute Gasteiger partial charge is 0.271 e. The molecule has 0 aromatic heterocycles. The van der Waals surface area contributed by atoms with Gasteiger partial charge < -0.3 is 4.74 Å². The first-order chi connectivity index (χ1) is 13.3. The van der Waals surface area contributed by atoms with Crippen LogP contribution >= 0.6 is 0 Å². The Kier molecular flexibility index (Phi) is 5.38. The molecule has 0 spiro atoms. The Morgan fingerprint density at radius 1 is 1.25 bits per heavy atom. The maximum Gasteiger partial charge on any atom is 0.271 e. The summed E-state index contributed by atoms with van der Waals surface area (Å²) in [6.45, 7) is 3.97. The van der Waals surface area contributed by atoms with Gasteiger partial charge in [0.05, 0.1) is 24.2 Å². The minimum absolute atomic E-state index is 0.0722. The molecule has 1 unspecified atom stereocenters. The zero-order valence-corrected chi connectivity index (χ0v) is 16.5. The summed E-state index contributed by atoms with van der Waals surface area (Å²) < 4.78 is 29.0. The molecule has 1 saturated heterocycles. The SMILES string of the molecule is CCOc1ccc(/C=C2/C(=O)N(C3CCS(=O)(=O)C3)C(=O)C(C#N)=C2C)cc1. The van der Waals surface area contributed by atoms with Crippen molar-refractivity contribution in [1.29, 1.82) is 5.26 Å². The fourth-order valence-electron chi connectivity index (χ4n) is 3.40. The van der Waals surface area contributed by atoms with Crippen molar-refractivity contribution in [1.82, 2.24) is 4.90 Å². The van der Waals surface area contributed by atoms with Crippen molar-refractivity contribution in [3.05, 3.63) is 46.5 Å². The van der Waals surface area contributed by atoms with Gasteiger partial charge in [-0.1, -0.05) is 12.1 Å². The first-order valence-corrected chi connectivity index (χ1v) is 10.7. The molecule has 1 atom stereocenters. The molecule has 28 heavy (non-hydrogen) atoms. The standard InChI is InChI=1S/C20H20N2O5S/c1-3-27-16-6-4-14(5-7-16)10-17-13(2)18(11-21)20(24)22(19(17)23)15-8-9-28(25,26)12-15/h4-7,10,15H,3,8-9,12H2,1-2H3/b17-10+. The predicted molar refractivity (Wildman–Crippen MR) is 103 cm³/mol. The van der Waals surface area contributed by atoms with Gasteiger partial charge in [0.1, 0.15) is 17.4 Å². The lowest BCUT2D eigenvalue weighted by atomic mass is 9.92. The van der Waals surface area contributed by atoms with Gasteiger partial charge in [0.25, 0.3) is 11.8 Å². The lowest BCUT2D eigenvalue weighted by Gasteiger charge is -2.31. The van der Waals surface area contributed by atoms with E-state index < -0.39 is 27.7 Å². The van der Waals surface area contributed by atoms with E-state index in [0.29, 0.717) is 23.5 Å². The molecule has 8 heteroatoms. The van der Waals surface area contributed by atoms with Crippen molar-refractivity contribution < 1.29 is 22.7 Å². The van der Waals surface area contributed by atoms with Crippen LogP contribution in [-0.2, 0) is 19.4 Å². The van der Waals surface area contributed by atoms with Gasteiger partial charge in [-0.15, -0.1) is 0 Å². The number of carbonyl (C=O) groups is 2. The van der Waals surface area contributed by atoms with Crippen LogP contribution in [0, 0.1) is 11.3 Å². The summed E-state index contributed by atoms with van der Waals surface area (Å²) in [5.74, 6) is -0.943. The molecule has 0 N–H and O–H groups in total. The lowest BCUT2D eigenvalue weighted by molar-refractivity contribution is -0.142. The summed E-state index contributed by atoms with van der Waals surface area (Å²) in [6, 6.07) is 8.19. The van der Waals surface area contributed by atoms with E-state index in [0.717, 1.165) is 4.90 Å². The number of sulfone groups is 1. The summed E-state index contributed by atoms with van der Waals surface area (Å²) in [6.07, 6.45) is 1.79. The zero-order chi connectivity index (χ0) is 20.5. The number of nitrogens with zero attached hydrogens (tertiary/aromatic N) is 2. The Balaban J connectivity index is 2.02. The van der Waals surface area contributed by atoms with Gasteiger partial charge in [0.15, 0.2) is 9.84 Å². The molecule has 2 heterocycles. The second kappa shape index (κ2) is 7.60. The van der Waals surface area contributed by atoms with Crippen LogP contribution in [0.15, 0.2) is 41.0 Å². The van der Waals surface area contributed by atoms with E-state index in [9.17, 15) is 23.3 Å². The van der Waals surface area contributed by atoms with Gasteiger partial charge >= 0.3 is 0 Å². The second-order valence-electron chi connectivity index (χ2n) is 6.71. The van der Waals surface area contributed by atoms with Crippen LogP contribution in [0.5, 0.6) is 5.75 Å². The molecule has 2 aliphatic heterocycles. The second-order valence-corrected chi connectivity index (χ2v) is 8.94. The molecule has 1 aromatic carbocycles. The molecule has 0 aliphatic carbocycles. The molecule has 146 valence electrons. The van der Waals surface area contributed by atoms with Gasteiger partial charge in [-0.05, 0) is 49.6 Å². The number of ether oxygens (including phenoxy) is 1. The topological polar surface area (TPSA) is 105 Å². The van der Waals surface area contributed by atoms with Crippen LogP contribution < -0.4 is 4.74 Å². The van der Waals surface area contributed by atoms with Crippen molar-refractivity contribution >= 4 is 27.7 Å². The highest BCUT2D eigenvalue weighted by atomic mass is 32.2. The summed E-state index contributed by atoms with van der Waals surface area (Å²) in [5.41, 5.74) is 1.07. The van der Waals surface area contributed by atoms with E-state index in [-0.39, 0.29) is 29.1 Å². The Morgan fingerprint density at radius 2 is 1.93 bits per heavy atom. The number of hydrogen-bond donors (Lipinski definition) is 0. The Bertz CT molecular complexity index is 1030. The third-order valence-corrected chi connectivity index (χ3v) is 6.60. The monoisotopic (exact) mass is 400 g/mol. The average molecular weight is 400 g/mol. The molecule has 7 nitrogen and oxygen atoms in total. The number of hydrogen-bond acceptors (Lipinski definition) is 6. The fourth-order valence-corrected chi connectivity index (χ4v) is 5.10. The lowest BCUT2D eigenvalue weighted by Crippen LogP contribution is -2.49. The van der Waals surface area contributed by atoms with Crippen LogP contribution in [0.3, 0.4) is 0 Å². The Labute approximate surface area is 163 Å². The molecule has 1 fully saturated rings. The third-order valence-electron chi connectivity index (χ3n) is 4.85. The van der Waals surface area contributed by atoms with Crippen LogP contribution in [0.4, 0.5) is 0 Å². The van der Waals surface area contributed by atoms with Crippen molar-refractivity contribution in [2.24, 2.45) is 0 Å². The van der Waals surface area contributed by atoms with Gasteiger partial charge in [-0.3, -0.25) is 14.5 Å². The molecule has 1 aromatic rings. The molecule has 3 rings (SSSR count). The highest BCUT2D eigenvalue weighted by Crippen LogP contribution is 2.31. The van der Waals surface area contributed by atoms with E-state index in [4.69, 9.17) is 4.74 Å².